The number of esters is 1. The van der Waals surface area contributed by atoms with Gasteiger partial charge in [-0.05, 0) is 27.2 Å². The molecule has 0 aromatic heterocycles. The van der Waals surface area contributed by atoms with Crippen molar-refractivity contribution >= 4 is 23.8 Å². The molecular formula is C11H19NO4S. The third-order valence-corrected chi connectivity index (χ3v) is 3.56. The maximum Gasteiger partial charge on any atom is 0.407 e. The average Bonchev–Trinajstić information content (AvgIpc) is 2.62. The van der Waals surface area contributed by atoms with E-state index < -0.39 is 11.7 Å². The van der Waals surface area contributed by atoms with Gasteiger partial charge in [-0.15, -0.1) is 11.8 Å². The molecule has 0 saturated carbocycles. The van der Waals surface area contributed by atoms with Gasteiger partial charge in [-0.3, -0.25) is 4.79 Å². The van der Waals surface area contributed by atoms with E-state index in [0.717, 1.165) is 0 Å². The molecule has 1 aliphatic heterocycles. The molecule has 1 fully saturated rings. The van der Waals surface area contributed by atoms with Gasteiger partial charge in [0.1, 0.15) is 10.9 Å². The molecule has 1 N–H and O–H groups in total. The van der Waals surface area contributed by atoms with Crippen LogP contribution in [0.5, 0.6) is 0 Å². The van der Waals surface area contributed by atoms with Crippen LogP contribution < -0.4 is 5.32 Å². The van der Waals surface area contributed by atoms with E-state index in [0.29, 0.717) is 12.2 Å². The van der Waals surface area contributed by atoms with Crippen LogP contribution in [0.4, 0.5) is 4.79 Å². The lowest BCUT2D eigenvalue weighted by Gasteiger charge is -2.21. The minimum atomic E-state index is -0.502. The summed E-state index contributed by atoms with van der Waals surface area (Å²) in [5.74, 6) is 0.474. The summed E-state index contributed by atoms with van der Waals surface area (Å²) in [5.41, 5.74) is -0.502. The molecule has 1 amide bonds. The number of hydrogen-bond acceptors (Lipinski definition) is 5. The Morgan fingerprint density at radius 1 is 1.35 bits per heavy atom. The SMILES string of the molecule is COC(=O)[C@H]1C[C@H](NC(=O)OC(C)(C)C)CS1. The predicted octanol–water partition coefficient (Wildman–Crippen LogP) is 1.56. The number of hydrogen-bond donors (Lipinski definition) is 1. The minimum absolute atomic E-state index is 0.0288. The minimum Gasteiger partial charge on any atom is -0.468 e. The normalized spacial score (nSPS) is 24.2. The molecule has 0 aliphatic carbocycles. The molecule has 98 valence electrons. The molecule has 1 rings (SSSR count). The number of ether oxygens (including phenoxy) is 2. The summed E-state index contributed by atoms with van der Waals surface area (Å²) >= 11 is 1.50. The smallest absolute Gasteiger partial charge is 0.407 e. The maximum absolute atomic E-state index is 11.5. The monoisotopic (exact) mass is 261 g/mol. The number of alkyl carbamates (subject to hydrolysis) is 1. The van der Waals surface area contributed by atoms with Crippen LogP contribution in [0.15, 0.2) is 0 Å². The molecule has 0 radical (unpaired) electrons. The molecule has 1 saturated heterocycles. The first-order valence-corrected chi connectivity index (χ1v) is 6.55. The van der Waals surface area contributed by atoms with Crippen LogP contribution in [0, 0.1) is 0 Å². The fourth-order valence-corrected chi connectivity index (χ4v) is 2.78. The highest BCUT2D eigenvalue weighted by Gasteiger charge is 2.32. The van der Waals surface area contributed by atoms with Gasteiger partial charge < -0.3 is 14.8 Å². The quantitative estimate of drug-likeness (QED) is 0.764. The fourth-order valence-electron chi connectivity index (χ4n) is 1.50. The number of thioether (sulfide) groups is 1. The van der Waals surface area contributed by atoms with Crippen LogP contribution in [-0.4, -0.2) is 41.8 Å². The second-order valence-electron chi connectivity index (χ2n) is 4.92. The van der Waals surface area contributed by atoms with Crippen LogP contribution >= 0.6 is 11.8 Å². The zero-order chi connectivity index (χ0) is 13.1. The molecule has 0 bridgehead atoms. The number of carbonyl (C=O) groups excluding carboxylic acids is 2. The van der Waals surface area contributed by atoms with Crippen molar-refractivity contribution in [2.24, 2.45) is 0 Å². The topological polar surface area (TPSA) is 64.6 Å². The zero-order valence-corrected chi connectivity index (χ0v) is 11.4. The van der Waals surface area contributed by atoms with Gasteiger partial charge in [0, 0.05) is 11.8 Å². The lowest BCUT2D eigenvalue weighted by atomic mass is 10.2. The van der Waals surface area contributed by atoms with Crippen molar-refractivity contribution in [2.45, 2.75) is 44.1 Å². The second-order valence-corrected chi connectivity index (χ2v) is 6.16. The highest BCUT2D eigenvalue weighted by Crippen LogP contribution is 2.27. The predicted molar refractivity (Wildman–Crippen MR) is 66.0 cm³/mol. The Morgan fingerprint density at radius 3 is 2.53 bits per heavy atom. The standard InChI is InChI=1S/C11H19NO4S/c1-11(2,3)16-10(14)12-7-5-8(17-6-7)9(13)15-4/h7-8H,5-6H2,1-4H3,(H,12,14)/t7-,8+/m0/s1. The lowest BCUT2D eigenvalue weighted by Crippen LogP contribution is -2.39. The first kappa shape index (κ1) is 14.2. The Balaban J connectivity index is 2.35. The van der Waals surface area contributed by atoms with E-state index in [9.17, 15) is 9.59 Å². The van der Waals surface area contributed by atoms with Crippen LogP contribution in [0.2, 0.25) is 0 Å². The molecule has 0 aromatic rings. The van der Waals surface area contributed by atoms with E-state index in [1.165, 1.54) is 18.9 Å². The average molecular weight is 261 g/mol. The summed E-state index contributed by atoms with van der Waals surface area (Å²) in [4.78, 5) is 22.8. The molecule has 1 aliphatic rings. The van der Waals surface area contributed by atoms with Crippen LogP contribution in [0.25, 0.3) is 0 Å². The molecule has 0 unspecified atom stereocenters. The van der Waals surface area contributed by atoms with Crippen LogP contribution in [0.1, 0.15) is 27.2 Å². The molecule has 17 heavy (non-hydrogen) atoms. The Kier molecular flexibility index (Phi) is 4.68. The summed E-state index contributed by atoms with van der Waals surface area (Å²) < 4.78 is 9.81. The van der Waals surface area contributed by atoms with Crippen molar-refractivity contribution in [3.8, 4) is 0 Å². The summed E-state index contributed by atoms with van der Waals surface area (Å²) in [5, 5.41) is 2.57. The largest absolute Gasteiger partial charge is 0.468 e. The highest BCUT2D eigenvalue weighted by molar-refractivity contribution is 8.00. The van der Waals surface area contributed by atoms with E-state index in [-0.39, 0.29) is 17.3 Å². The molecular weight excluding hydrogens is 242 g/mol. The number of methoxy groups -OCH3 is 1. The van der Waals surface area contributed by atoms with Gasteiger partial charge in [0.05, 0.1) is 7.11 Å². The highest BCUT2D eigenvalue weighted by atomic mass is 32.2. The second kappa shape index (κ2) is 5.62. The summed E-state index contributed by atoms with van der Waals surface area (Å²) in [6.07, 6.45) is 0.157. The first-order valence-electron chi connectivity index (χ1n) is 5.51. The molecule has 0 aromatic carbocycles. The summed E-state index contributed by atoms with van der Waals surface area (Å²) in [6, 6.07) is -0.0288. The van der Waals surface area contributed by atoms with Gasteiger partial charge in [-0.25, -0.2) is 4.79 Å². The van der Waals surface area contributed by atoms with Gasteiger partial charge in [-0.2, -0.15) is 0 Å². The number of nitrogens with one attached hydrogen (secondary N) is 1. The third kappa shape index (κ3) is 4.85. The Morgan fingerprint density at radius 2 is 2.00 bits per heavy atom. The van der Waals surface area contributed by atoms with E-state index in [4.69, 9.17) is 4.74 Å². The Hall–Kier alpha value is -0.910. The van der Waals surface area contributed by atoms with E-state index in [1.54, 1.807) is 0 Å². The number of rotatable bonds is 2. The molecule has 0 spiro atoms. The molecule has 1 heterocycles. The van der Waals surface area contributed by atoms with E-state index >= 15 is 0 Å². The van der Waals surface area contributed by atoms with Gasteiger partial charge in [-0.1, -0.05) is 0 Å². The van der Waals surface area contributed by atoms with Crippen LogP contribution in [-0.2, 0) is 14.3 Å². The first-order chi connectivity index (χ1) is 7.81. The zero-order valence-electron chi connectivity index (χ0n) is 10.6. The van der Waals surface area contributed by atoms with Gasteiger partial charge in [0.15, 0.2) is 0 Å². The van der Waals surface area contributed by atoms with Gasteiger partial charge in [0.25, 0.3) is 0 Å². The molecule has 2 atom stereocenters. The van der Waals surface area contributed by atoms with E-state index in [2.05, 4.69) is 10.1 Å². The Bertz CT molecular complexity index is 300. The fraction of sp³-hybridized carbons (Fsp3) is 0.818. The number of carbonyl (C=O) groups is 2. The van der Waals surface area contributed by atoms with Crippen molar-refractivity contribution < 1.29 is 19.1 Å². The Labute approximate surface area is 106 Å². The van der Waals surface area contributed by atoms with Crippen LogP contribution in [0.3, 0.4) is 0 Å². The van der Waals surface area contributed by atoms with Gasteiger partial charge >= 0.3 is 12.1 Å². The maximum atomic E-state index is 11.5. The molecule has 6 heteroatoms. The third-order valence-electron chi connectivity index (χ3n) is 2.18. The van der Waals surface area contributed by atoms with Crippen molar-refractivity contribution in [3.63, 3.8) is 0 Å². The van der Waals surface area contributed by atoms with Crippen molar-refractivity contribution in [2.75, 3.05) is 12.9 Å². The van der Waals surface area contributed by atoms with Crippen molar-refractivity contribution in [1.29, 1.82) is 0 Å². The summed E-state index contributed by atoms with van der Waals surface area (Å²) in [7, 11) is 1.37. The van der Waals surface area contributed by atoms with Crippen molar-refractivity contribution in [1.82, 2.24) is 5.32 Å². The summed E-state index contributed by atoms with van der Waals surface area (Å²) in [6.45, 7) is 5.44. The van der Waals surface area contributed by atoms with Gasteiger partial charge in [0.2, 0.25) is 0 Å². The number of amides is 1. The molecule has 5 nitrogen and oxygen atoms in total. The van der Waals surface area contributed by atoms with E-state index in [1.807, 2.05) is 20.8 Å². The lowest BCUT2D eigenvalue weighted by molar-refractivity contribution is -0.140. The van der Waals surface area contributed by atoms with Crippen molar-refractivity contribution in [3.05, 3.63) is 0 Å².